The molecule has 6 nitrogen and oxygen atoms in total. The van der Waals surface area contributed by atoms with E-state index in [2.05, 4.69) is 21.6 Å². The number of ether oxygens (including phenoxy) is 2. The number of carbonyl (C=O) groups is 1. The van der Waals surface area contributed by atoms with Gasteiger partial charge >= 0.3 is 6.36 Å². The van der Waals surface area contributed by atoms with Gasteiger partial charge in [-0.3, -0.25) is 9.53 Å². The van der Waals surface area contributed by atoms with Gasteiger partial charge in [0.15, 0.2) is 0 Å². The minimum Gasteiger partial charge on any atom is -0.369 e. The van der Waals surface area contributed by atoms with Crippen molar-refractivity contribution in [1.29, 1.82) is 0 Å². The first kappa shape index (κ1) is 23.8. The van der Waals surface area contributed by atoms with Crippen LogP contribution in [0.15, 0.2) is 37.3 Å². The van der Waals surface area contributed by atoms with E-state index in [1.54, 1.807) is 16.8 Å². The lowest BCUT2D eigenvalue weighted by Crippen LogP contribution is -2.31. The topological polar surface area (TPSA) is 65.4 Å². The molecule has 0 fully saturated rings. The molecular weight excluding hydrogens is 430 g/mol. The van der Waals surface area contributed by atoms with Crippen LogP contribution in [0.3, 0.4) is 0 Å². The van der Waals surface area contributed by atoms with Crippen LogP contribution in [0.4, 0.5) is 17.6 Å². The van der Waals surface area contributed by atoms with Gasteiger partial charge in [0.25, 0.3) is 0 Å². The number of carbonyl (C=O) groups excluding carboxylic acids is 1. The number of nitrogens with zero attached hydrogens (tertiary/aromatic N) is 2. The Morgan fingerprint density at radius 2 is 2.13 bits per heavy atom. The van der Waals surface area contributed by atoms with Crippen LogP contribution >= 0.6 is 11.6 Å². The van der Waals surface area contributed by atoms with Gasteiger partial charge in [-0.15, -0.1) is 13.2 Å². The number of rotatable bonds is 10. The van der Waals surface area contributed by atoms with Gasteiger partial charge in [0.1, 0.15) is 12.4 Å². The van der Waals surface area contributed by atoms with E-state index >= 15 is 0 Å². The maximum atomic E-state index is 13.6. The predicted molar refractivity (Wildman–Crippen MR) is 103 cm³/mol. The van der Waals surface area contributed by atoms with Crippen LogP contribution < -0.4 is 5.32 Å². The largest absolute Gasteiger partial charge is 0.522 e. The maximum Gasteiger partial charge on any atom is 0.522 e. The van der Waals surface area contributed by atoms with E-state index in [1.807, 2.05) is 0 Å². The molecule has 0 aliphatic rings. The minimum absolute atomic E-state index is 0.0182. The number of halogens is 5. The molecule has 0 unspecified atom stereocenters. The first-order valence-corrected chi connectivity index (χ1v) is 9.19. The minimum atomic E-state index is -4.75. The Morgan fingerprint density at radius 1 is 1.40 bits per heavy atom. The second-order valence-electron chi connectivity index (χ2n) is 6.35. The fourth-order valence-corrected chi connectivity index (χ4v) is 2.52. The second kappa shape index (κ2) is 10.6. The molecule has 0 saturated carbocycles. The van der Waals surface area contributed by atoms with Gasteiger partial charge in [-0.25, -0.2) is 9.37 Å². The highest BCUT2D eigenvalue weighted by molar-refractivity contribution is 6.30. The number of nitrogens with one attached hydrogen (secondary N) is 1. The highest BCUT2D eigenvalue weighted by Crippen LogP contribution is 2.24. The highest BCUT2D eigenvalue weighted by atomic mass is 35.5. The van der Waals surface area contributed by atoms with Crippen LogP contribution in [-0.4, -0.2) is 47.7 Å². The Kier molecular flexibility index (Phi) is 8.39. The number of imidazole rings is 1. The van der Waals surface area contributed by atoms with Crippen molar-refractivity contribution in [3.05, 3.63) is 48.1 Å². The number of aromatic nitrogens is 2. The first-order chi connectivity index (χ1) is 14.0. The Bertz CT molecular complexity index is 886. The van der Waals surface area contributed by atoms with Gasteiger partial charge < -0.3 is 14.6 Å². The van der Waals surface area contributed by atoms with Crippen molar-refractivity contribution in [3.8, 4) is 11.3 Å². The molecule has 0 spiro atoms. The normalized spacial score (nSPS) is 12.6. The molecule has 0 bridgehead atoms. The zero-order chi connectivity index (χ0) is 22.3. The maximum absolute atomic E-state index is 13.6. The van der Waals surface area contributed by atoms with Gasteiger partial charge in [0.05, 0.1) is 29.8 Å². The molecule has 1 amide bonds. The molecular formula is C19H20ClF4N3O3. The first-order valence-electron chi connectivity index (χ1n) is 8.81. The average molecular weight is 450 g/mol. The Labute approximate surface area is 175 Å². The molecule has 2 rings (SSSR count). The van der Waals surface area contributed by atoms with Crippen molar-refractivity contribution in [2.75, 3.05) is 19.8 Å². The van der Waals surface area contributed by atoms with Crippen molar-refractivity contribution >= 4 is 23.2 Å². The lowest BCUT2D eigenvalue weighted by atomic mass is 10.2. The Balaban J connectivity index is 1.72. The number of hydrogen-bond donors (Lipinski definition) is 1. The summed E-state index contributed by atoms with van der Waals surface area (Å²) >= 11 is 5.67. The quantitative estimate of drug-likeness (QED) is 0.550. The monoisotopic (exact) mass is 449 g/mol. The molecule has 0 radical (unpaired) electrons. The third-order valence-electron chi connectivity index (χ3n) is 3.82. The van der Waals surface area contributed by atoms with Crippen molar-refractivity contribution in [1.82, 2.24) is 14.9 Å². The van der Waals surface area contributed by atoms with Gasteiger partial charge in [-0.05, 0) is 19.1 Å². The lowest BCUT2D eigenvalue weighted by molar-refractivity contribution is -0.343. The molecule has 11 heteroatoms. The molecule has 1 atom stereocenters. The number of hydrogen-bond acceptors (Lipinski definition) is 4. The average Bonchev–Trinajstić information content (AvgIpc) is 3.12. The number of amides is 1. The molecule has 1 N–H and O–H groups in total. The summed E-state index contributed by atoms with van der Waals surface area (Å²) in [4.78, 5) is 15.9. The van der Waals surface area contributed by atoms with Gasteiger partial charge in [0, 0.05) is 30.4 Å². The van der Waals surface area contributed by atoms with Crippen molar-refractivity contribution in [2.45, 2.75) is 25.8 Å². The molecule has 2 aromatic rings. The van der Waals surface area contributed by atoms with Crippen molar-refractivity contribution < 1.29 is 31.8 Å². The smallest absolute Gasteiger partial charge is 0.369 e. The molecule has 1 aromatic heterocycles. The van der Waals surface area contributed by atoms with Crippen LogP contribution in [0.1, 0.15) is 13.3 Å². The third-order valence-corrected chi connectivity index (χ3v) is 4.13. The van der Waals surface area contributed by atoms with Crippen LogP contribution in [-0.2, 0) is 14.3 Å². The predicted octanol–water partition coefficient (Wildman–Crippen LogP) is 4.26. The molecule has 0 aliphatic carbocycles. The fourth-order valence-electron chi connectivity index (χ4n) is 2.41. The van der Waals surface area contributed by atoms with Crippen molar-refractivity contribution in [2.24, 2.45) is 0 Å². The molecule has 1 aromatic carbocycles. The third kappa shape index (κ3) is 7.77. The molecule has 164 valence electrons. The van der Waals surface area contributed by atoms with E-state index in [1.165, 1.54) is 25.4 Å². The second-order valence-corrected chi connectivity index (χ2v) is 6.76. The van der Waals surface area contributed by atoms with E-state index in [0.29, 0.717) is 23.4 Å². The number of alkyl halides is 3. The van der Waals surface area contributed by atoms with E-state index < -0.39 is 30.8 Å². The van der Waals surface area contributed by atoms with Crippen LogP contribution in [0.5, 0.6) is 0 Å². The summed E-state index contributed by atoms with van der Waals surface area (Å²) in [7, 11) is 0. The standard InChI is InChI=1S/C19H20ClF4N3O3/c1-12(5-6-25-18(28)10-29-9-13(2)30-19(22,23)24)27-8-17(26-11-27)14-3-4-15(20)16(21)7-14/h3-4,7-8,11,13H,1,5-6,9-10H2,2H3,(H,25,28)/t13-/m0/s1. The lowest BCUT2D eigenvalue weighted by Gasteiger charge is -2.15. The van der Waals surface area contributed by atoms with E-state index in [9.17, 15) is 22.4 Å². The summed E-state index contributed by atoms with van der Waals surface area (Å²) in [5, 5.41) is 2.59. The molecule has 30 heavy (non-hydrogen) atoms. The zero-order valence-electron chi connectivity index (χ0n) is 16.0. The molecule has 0 saturated heterocycles. The van der Waals surface area contributed by atoms with Gasteiger partial charge in [0.2, 0.25) is 5.91 Å². The summed E-state index contributed by atoms with van der Waals surface area (Å²) < 4.78 is 59.9. The SMILES string of the molecule is C=C(CCNC(=O)COC[C@H](C)OC(F)(F)F)n1cnc(-c2ccc(Cl)c(F)c2)c1. The van der Waals surface area contributed by atoms with Crippen LogP contribution in [0.25, 0.3) is 17.0 Å². The van der Waals surface area contributed by atoms with E-state index in [0.717, 1.165) is 0 Å². The summed E-state index contributed by atoms with van der Waals surface area (Å²) in [6.45, 7) is 4.56. The molecule has 1 heterocycles. The van der Waals surface area contributed by atoms with Gasteiger partial charge in [-0.1, -0.05) is 24.2 Å². The van der Waals surface area contributed by atoms with Gasteiger partial charge in [-0.2, -0.15) is 0 Å². The van der Waals surface area contributed by atoms with Crippen molar-refractivity contribution in [3.63, 3.8) is 0 Å². The highest BCUT2D eigenvalue weighted by Gasteiger charge is 2.31. The summed E-state index contributed by atoms with van der Waals surface area (Å²) in [6.07, 6.45) is -2.42. The summed E-state index contributed by atoms with van der Waals surface area (Å²) in [5.41, 5.74) is 1.70. The Morgan fingerprint density at radius 3 is 2.80 bits per heavy atom. The van der Waals surface area contributed by atoms with Crippen LogP contribution in [0, 0.1) is 5.82 Å². The zero-order valence-corrected chi connectivity index (χ0v) is 16.8. The number of benzene rings is 1. The summed E-state index contributed by atoms with van der Waals surface area (Å²) in [5.74, 6) is -1.03. The fraction of sp³-hybridized carbons (Fsp3) is 0.368. The Hall–Kier alpha value is -2.43. The van der Waals surface area contributed by atoms with E-state index in [-0.39, 0.29) is 18.2 Å². The van der Waals surface area contributed by atoms with E-state index in [4.69, 9.17) is 16.3 Å². The van der Waals surface area contributed by atoms with Crippen LogP contribution in [0.2, 0.25) is 5.02 Å². The molecule has 0 aliphatic heterocycles. The summed E-state index contributed by atoms with van der Waals surface area (Å²) in [6, 6.07) is 4.36.